The Balaban J connectivity index is 1.50. The van der Waals surface area contributed by atoms with Gasteiger partial charge in [0.05, 0.1) is 22.2 Å². The molecule has 2 heterocycles. The first kappa shape index (κ1) is 22.2. The highest BCUT2D eigenvalue weighted by Crippen LogP contribution is 2.44. The molecule has 2 saturated heterocycles. The monoisotopic (exact) mass is 449 g/mol. The molecule has 1 saturated carbocycles. The van der Waals surface area contributed by atoms with Crippen LogP contribution in [0.4, 0.5) is 16.2 Å². The summed E-state index contributed by atoms with van der Waals surface area (Å²) in [5, 5.41) is 19.7. The summed E-state index contributed by atoms with van der Waals surface area (Å²) in [4.78, 5) is 30.5. The van der Waals surface area contributed by atoms with Crippen LogP contribution in [0.15, 0.2) is 18.2 Å². The van der Waals surface area contributed by atoms with Crippen LogP contribution in [0.2, 0.25) is 5.02 Å². The van der Waals surface area contributed by atoms with Gasteiger partial charge in [-0.15, -0.1) is 0 Å². The number of halogens is 1. The number of amides is 2. The molecule has 3 fully saturated rings. The third-order valence-corrected chi connectivity index (χ3v) is 7.66. The highest BCUT2D eigenvalue weighted by Gasteiger charge is 2.50. The Bertz CT molecular complexity index is 842. The Morgan fingerprint density at radius 1 is 1.23 bits per heavy atom. The SMILES string of the molecule is CCN(C(=O)O)c1ccc(N2CCC[C@]3(CCN([C@H]4CC[C@H](O)CC4)C3=O)C2)c(Cl)c1. The Hall–Kier alpha value is -1.99. The zero-order valence-corrected chi connectivity index (χ0v) is 18.9. The fourth-order valence-corrected chi connectivity index (χ4v) is 5.92. The van der Waals surface area contributed by atoms with E-state index in [4.69, 9.17) is 11.6 Å². The predicted molar refractivity (Wildman–Crippen MR) is 121 cm³/mol. The van der Waals surface area contributed by atoms with Gasteiger partial charge in [-0.05, 0) is 70.1 Å². The van der Waals surface area contributed by atoms with Gasteiger partial charge in [0.15, 0.2) is 0 Å². The molecule has 2 N–H and O–H groups in total. The molecular weight excluding hydrogens is 418 g/mol. The minimum absolute atomic E-state index is 0.219. The van der Waals surface area contributed by atoms with Crippen molar-refractivity contribution < 1.29 is 19.8 Å². The molecule has 2 amide bonds. The van der Waals surface area contributed by atoms with Gasteiger partial charge in [-0.3, -0.25) is 9.69 Å². The molecule has 8 heteroatoms. The van der Waals surface area contributed by atoms with Gasteiger partial charge < -0.3 is 20.0 Å². The summed E-state index contributed by atoms with van der Waals surface area (Å²) in [7, 11) is 0. The number of hydrogen-bond acceptors (Lipinski definition) is 4. The molecule has 0 radical (unpaired) electrons. The van der Waals surface area contributed by atoms with Crippen molar-refractivity contribution in [3.8, 4) is 0 Å². The molecule has 1 atom stereocenters. The molecule has 0 bridgehead atoms. The molecule has 2 aliphatic heterocycles. The molecule has 1 aromatic carbocycles. The molecule has 0 aromatic heterocycles. The summed E-state index contributed by atoms with van der Waals surface area (Å²) in [6.07, 6.45) is 4.79. The molecule has 1 aromatic rings. The zero-order valence-electron chi connectivity index (χ0n) is 18.1. The fourth-order valence-electron chi connectivity index (χ4n) is 5.63. The predicted octanol–water partition coefficient (Wildman–Crippen LogP) is 3.97. The van der Waals surface area contributed by atoms with Crippen molar-refractivity contribution in [3.05, 3.63) is 23.2 Å². The van der Waals surface area contributed by atoms with Crippen LogP contribution in [0.3, 0.4) is 0 Å². The number of aliphatic hydroxyl groups is 1. The van der Waals surface area contributed by atoms with E-state index in [2.05, 4.69) is 9.80 Å². The van der Waals surface area contributed by atoms with E-state index in [1.54, 1.807) is 19.1 Å². The number of carbonyl (C=O) groups excluding carboxylic acids is 1. The number of anilines is 2. The van der Waals surface area contributed by atoms with Crippen molar-refractivity contribution in [2.45, 2.75) is 64.0 Å². The van der Waals surface area contributed by atoms with Crippen molar-refractivity contribution in [2.24, 2.45) is 5.41 Å². The fraction of sp³-hybridized carbons (Fsp3) is 0.652. The second-order valence-electron chi connectivity index (χ2n) is 9.18. The van der Waals surface area contributed by atoms with E-state index >= 15 is 0 Å². The summed E-state index contributed by atoms with van der Waals surface area (Å²) in [6, 6.07) is 5.62. The molecular formula is C23H32ClN3O4. The van der Waals surface area contributed by atoms with Crippen LogP contribution in [0, 0.1) is 5.41 Å². The highest BCUT2D eigenvalue weighted by atomic mass is 35.5. The Kier molecular flexibility index (Phi) is 6.35. The van der Waals surface area contributed by atoms with Gasteiger partial charge in [0.2, 0.25) is 5.91 Å². The van der Waals surface area contributed by atoms with Crippen LogP contribution in [0.1, 0.15) is 51.9 Å². The average Bonchev–Trinajstić information content (AvgIpc) is 3.04. The van der Waals surface area contributed by atoms with Gasteiger partial charge in [0.1, 0.15) is 0 Å². The summed E-state index contributed by atoms with van der Waals surface area (Å²) in [5.74, 6) is 0.259. The number of likely N-dealkylation sites (tertiary alicyclic amines) is 1. The number of aliphatic hydroxyl groups excluding tert-OH is 1. The van der Waals surface area contributed by atoms with Gasteiger partial charge in [-0.1, -0.05) is 11.6 Å². The molecule has 1 spiro atoms. The topological polar surface area (TPSA) is 84.3 Å². The van der Waals surface area contributed by atoms with Crippen LogP contribution in [-0.4, -0.2) is 65.4 Å². The molecule has 3 aliphatic rings. The number of carbonyl (C=O) groups is 2. The summed E-state index contributed by atoms with van der Waals surface area (Å²) in [6.45, 7) is 4.41. The van der Waals surface area contributed by atoms with Gasteiger partial charge in [-0.25, -0.2) is 4.79 Å². The van der Waals surface area contributed by atoms with Gasteiger partial charge in [0, 0.05) is 37.9 Å². The lowest BCUT2D eigenvalue weighted by molar-refractivity contribution is -0.139. The normalized spacial score (nSPS) is 28.9. The second-order valence-corrected chi connectivity index (χ2v) is 9.59. The maximum absolute atomic E-state index is 13.5. The number of nitrogens with zero attached hydrogens (tertiary/aromatic N) is 3. The summed E-state index contributed by atoms with van der Waals surface area (Å²) in [5.41, 5.74) is 1.04. The van der Waals surface area contributed by atoms with E-state index in [1.165, 1.54) is 4.90 Å². The smallest absolute Gasteiger partial charge is 0.411 e. The average molecular weight is 450 g/mol. The number of benzene rings is 1. The molecule has 170 valence electrons. The highest BCUT2D eigenvalue weighted by molar-refractivity contribution is 6.33. The van der Waals surface area contributed by atoms with Crippen LogP contribution in [0.5, 0.6) is 0 Å². The lowest BCUT2D eigenvalue weighted by atomic mass is 9.78. The summed E-state index contributed by atoms with van der Waals surface area (Å²) >= 11 is 6.58. The zero-order chi connectivity index (χ0) is 22.2. The molecule has 0 unspecified atom stereocenters. The molecule has 7 nitrogen and oxygen atoms in total. The van der Waals surface area contributed by atoms with E-state index in [1.807, 2.05) is 6.07 Å². The number of rotatable bonds is 4. The standard InChI is InChI=1S/C23H32ClN3O4/c1-2-26(22(30)31)17-6-9-20(19(24)14-17)25-12-3-10-23(15-25)11-13-27(21(23)29)16-4-7-18(28)8-5-16/h6,9,14,16,18,28H,2-5,7-8,10-13,15H2,1H3,(H,30,31)/t16-,18-,23-/m0/s1. The minimum Gasteiger partial charge on any atom is -0.465 e. The van der Waals surface area contributed by atoms with Crippen LogP contribution in [0.25, 0.3) is 0 Å². The van der Waals surface area contributed by atoms with Crippen LogP contribution in [-0.2, 0) is 4.79 Å². The van der Waals surface area contributed by atoms with Crippen molar-refractivity contribution in [1.29, 1.82) is 0 Å². The van der Waals surface area contributed by atoms with E-state index in [0.29, 0.717) is 23.8 Å². The Morgan fingerprint density at radius 2 is 1.97 bits per heavy atom. The first-order chi connectivity index (χ1) is 14.8. The van der Waals surface area contributed by atoms with Crippen LogP contribution < -0.4 is 9.80 Å². The molecule has 4 rings (SSSR count). The number of carboxylic acid groups (broad SMARTS) is 1. The number of piperidine rings is 1. The van der Waals surface area contributed by atoms with E-state index in [-0.39, 0.29) is 23.5 Å². The van der Waals surface area contributed by atoms with E-state index in [0.717, 1.165) is 63.7 Å². The number of hydrogen-bond donors (Lipinski definition) is 2. The lowest BCUT2D eigenvalue weighted by Crippen LogP contribution is -2.50. The van der Waals surface area contributed by atoms with E-state index in [9.17, 15) is 19.8 Å². The van der Waals surface area contributed by atoms with E-state index < -0.39 is 6.09 Å². The lowest BCUT2D eigenvalue weighted by Gasteiger charge is -2.41. The van der Waals surface area contributed by atoms with Gasteiger partial charge >= 0.3 is 6.09 Å². The van der Waals surface area contributed by atoms with Gasteiger partial charge in [0.25, 0.3) is 0 Å². The largest absolute Gasteiger partial charge is 0.465 e. The molecule has 1 aliphatic carbocycles. The second kappa shape index (κ2) is 8.87. The van der Waals surface area contributed by atoms with Gasteiger partial charge in [-0.2, -0.15) is 0 Å². The van der Waals surface area contributed by atoms with Crippen LogP contribution >= 0.6 is 11.6 Å². The van der Waals surface area contributed by atoms with Crippen molar-refractivity contribution in [3.63, 3.8) is 0 Å². The van der Waals surface area contributed by atoms with Crippen molar-refractivity contribution in [1.82, 2.24) is 4.90 Å². The third-order valence-electron chi connectivity index (χ3n) is 7.36. The maximum atomic E-state index is 13.5. The first-order valence-electron chi connectivity index (χ1n) is 11.4. The van der Waals surface area contributed by atoms with Crippen molar-refractivity contribution in [2.75, 3.05) is 36.0 Å². The third kappa shape index (κ3) is 4.22. The summed E-state index contributed by atoms with van der Waals surface area (Å²) < 4.78 is 0. The maximum Gasteiger partial charge on any atom is 0.411 e. The Labute approximate surface area is 188 Å². The quantitative estimate of drug-likeness (QED) is 0.726. The van der Waals surface area contributed by atoms with Crippen molar-refractivity contribution >= 4 is 35.0 Å². The Morgan fingerprint density at radius 3 is 2.61 bits per heavy atom. The molecule has 31 heavy (non-hydrogen) atoms. The minimum atomic E-state index is -1.00. The first-order valence-corrected chi connectivity index (χ1v) is 11.8.